The highest BCUT2D eigenvalue weighted by Gasteiger charge is 2.09. The summed E-state index contributed by atoms with van der Waals surface area (Å²) < 4.78 is 5.08. The zero-order chi connectivity index (χ0) is 11.4. The molecule has 1 aromatic rings. The molecule has 0 aliphatic carbocycles. The van der Waals surface area contributed by atoms with Crippen LogP contribution >= 0.6 is 0 Å². The second-order valence-corrected chi connectivity index (χ2v) is 5.56. The number of hydrogen-bond donors (Lipinski definition) is 0. The molecule has 0 aromatic heterocycles. The average Bonchev–Trinajstić information content (AvgIpc) is 2.18. The van der Waals surface area contributed by atoms with Gasteiger partial charge in [0.25, 0.3) is 0 Å². The molecule has 0 amide bonds. The Bertz CT molecular complexity index is 371. The summed E-state index contributed by atoms with van der Waals surface area (Å²) >= 11 is 0. The van der Waals surface area contributed by atoms with Crippen molar-refractivity contribution in [3.05, 3.63) is 36.4 Å². The van der Waals surface area contributed by atoms with Gasteiger partial charge in [0.15, 0.2) is 4.90 Å². The first-order chi connectivity index (χ1) is 7.00. The Kier molecular flexibility index (Phi) is 6.22. The maximum Gasteiger partial charge on any atom is 0.338 e. The molecule has 0 saturated carbocycles. The summed E-state index contributed by atoms with van der Waals surface area (Å²) in [5, 5.41) is 0. The van der Waals surface area contributed by atoms with Gasteiger partial charge in [-0.05, 0) is 31.2 Å². The van der Waals surface area contributed by atoms with Crippen LogP contribution in [0.25, 0.3) is 0 Å². The van der Waals surface area contributed by atoms with Crippen LogP contribution in [0, 0.1) is 0 Å². The highest BCUT2D eigenvalue weighted by molar-refractivity contribution is 7.95. The molecule has 0 radical (unpaired) electrons. The molecule has 0 saturated heterocycles. The van der Waals surface area contributed by atoms with Crippen molar-refractivity contribution in [3.63, 3.8) is 0 Å². The van der Waals surface area contributed by atoms with Gasteiger partial charge in [0.05, 0.1) is 0 Å². The molecule has 2 nitrogen and oxygen atoms in total. The molecule has 0 fully saturated rings. The number of halogens is 1. The molecule has 0 bridgehead atoms. The van der Waals surface area contributed by atoms with Crippen molar-refractivity contribution in [3.8, 4) is 5.75 Å². The van der Waals surface area contributed by atoms with Gasteiger partial charge in [-0.1, -0.05) is 6.58 Å². The number of benzene rings is 1. The van der Waals surface area contributed by atoms with Crippen LogP contribution in [0.15, 0.2) is 41.3 Å². The van der Waals surface area contributed by atoms with E-state index < -0.39 is 0 Å². The van der Waals surface area contributed by atoms with E-state index in [2.05, 4.69) is 19.1 Å². The smallest absolute Gasteiger partial charge is 0.338 e. The minimum Gasteiger partial charge on any atom is -1.00 e. The Balaban J connectivity index is 0.00000225. The first-order valence-corrected chi connectivity index (χ1v) is 6.60. The summed E-state index contributed by atoms with van der Waals surface area (Å²) in [6.07, 6.45) is 4.30. The van der Waals surface area contributed by atoms with Crippen LogP contribution in [0.2, 0.25) is 0 Å². The molecule has 0 unspecified atom stereocenters. The van der Waals surface area contributed by atoms with Gasteiger partial charge in [-0.2, -0.15) is 0 Å². The van der Waals surface area contributed by atoms with Crippen molar-refractivity contribution < 1.29 is 21.9 Å². The molecule has 0 spiro atoms. The van der Waals surface area contributed by atoms with Crippen LogP contribution in [-0.4, -0.2) is 18.5 Å². The lowest BCUT2D eigenvalue weighted by molar-refractivity contribution is -0.130. The van der Waals surface area contributed by atoms with Gasteiger partial charge in [-0.25, -0.2) is 4.79 Å². The van der Waals surface area contributed by atoms with Crippen molar-refractivity contribution in [2.75, 3.05) is 12.5 Å². The van der Waals surface area contributed by atoms with E-state index in [4.69, 9.17) is 4.74 Å². The number of hydrogen-bond acceptors (Lipinski definition) is 2. The molecule has 1 aromatic carbocycles. The Labute approximate surface area is 105 Å². The maximum absolute atomic E-state index is 11.2. The van der Waals surface area contributed by atoms with E-state index in [1.54, 1.807) is 6.92 Å². The molecule has 1 rings (SSSR count). The molecule has 0 aliphatic rings. The van der Waals surface area contributed by atoms with E-state index in [9.17, 15) is 4.79 Å². The van der Waals surface area contributed by atoms with E-state index in [-0.39, 0.29) is 29.3 Å². The fraction of sp³-hybridized carbons (Fsp3) is 0.250. The van der Waals surface area contributed by atoms with Gasteiger partial charge >= 0.3 is 5.97 Å². The molecule has 0 heterocycles. The third-order valence-electron chi connectivity index (χ3n) is 1.85. The van der Waals surface area contributed by atoms with Crippen molar-refractivity contribution in [2.45, 2.75) is 11.8 Å². The molecule has 88 valence electrons. The topological polar surface area (TPSA) is 26.3 Å². The Hall–Kier alpha value is -0.930. The van der Waals surface area contributed by atoms with Crippen molar-refractivity contribution in [1.82, 2.24) is 0 Å². The quantitative estimate of drug-likeness (QED) is 0.314. The SMILES string of the molecule is C=C(C)C(=O)Oc1ccc([S+](C)C)cc1.[Cl-]. The van der Waals surface area contributed by atoms with Crippen molar-refractivity contribution in [2.24, 2.45) is 0 Å². The molecule has 0 aliphatic heterocycles. The lowest BCUT2D eigenvalue weighted by atomic mass is 10.3. The number of ether oxygens (including phenoxy) is 1. The summed E-state index contributed by atoms with van der Waals surface area (Å²) in [6, 6.07) is 7.57. The first kappa shape index (κ1) is 15.1. The Morgan fingerprint density at radius 3 is 2.12 bits per heavy atom. The second-order valence-electron chi connectivity index (χ2n) is 3.46. The normalized spacial score (nSPS) is 9.50. The Morgan fingerprint density at radius 2 is 1.75 bits per heavy atom. The summed E-state index contributed by atoms with van der Waals surface area (Å²) in [5.74, 6) is 0.187. The minimum atomic E-state index is -0.380. The lowest BCUT2D eigenvalue weighted by Gasteiger charge is -2.03. The highest BCUT2D eigenvalue weighted by atomic mass is 35.5. The molecule has 0 N–H and O–H groups in total. The minimum absolute atomic E-state index is 0. The van der Waals surface area contributed by atoms with Crippen LogP contribution in [0.4, 0.5) is 0 Å². The zero-order valence-corrected chi connectivity index (χ0v) is 11.2. The van der Waals surface area contributed by atoms with E-state index in [1.165, 1.54) is 4.90 Å². The van der Waals surface area contributed by atoms with Crippen molar-refractivity contribution in [1.29, 1.82) is 0 Å². The third kappa shape index (κ3) is 4.29. The molecule has 0 atom stereocenters. The van der Waals surface area contributed by atoms with Crippen LogP contribution in [-0.2, 0) is 15.7 Å². The van der Waals surface area contributed by atoms with Crippen LogP contribution in [0.5, 0.6) is 5.75 Å². The molecule has 4 heteroatoms. The average molecular weight is 259 g/mol. The first-order valence-electron chi connectivity index (χ1n) is 4.56. The predicted octanol–water partition coefficient (Wildman–Crippen LogP) is -0.591. The van der Waals surface area contributed by atoms with Crippen LogP contribution < -0.4 is 17.1 Å². The summed E-state index contributed by atoms with van der Waals surface area (Å²) in [6.45, 7) is 5.15. The largest absolute Gasteiger partial charge is 1.00 e. The standard InChI is InChI=1S/C12H15O2S.ClH/c1-9(2)12(13)14-10-5-7-11(8-6-10)15(3)4;/h5-8H,1H2,2-4H3;1H/q+1;/p-1. The van der Waals surface area contributed by atoms with E-state index >= 15 is 0 Å². The highest BCUT2D eigenvalue weighted by Crippen LogP contribution is 2.16. The maximum atomic E-state index is 11.2. The van der Waals surface area contributed by atoms with Gasteiger partial charge in [-0.3, -0.25) is 0 Å². The van der Waals surface area contributed by atoms with Crippen LogP contribution in [0.3, 0.4) is 0 Å². The zero-order valence-electron chi connectivity index (χ0n) is 9.62. The monoisotopic (exact) mass is 258 g/mol. The van der Waals surface area contributed by atoms with Gasteiger partial charge in [0.1, 0.15) is 18.3 Å². The third-order valence-corrected chi connectivity index (χ3v) is 3.07. The number of esters is 1. The van der Waals surface area contributed by atoms with E-state index in [0.717, 1.165) is 0 Å². The fourth-order valence-electron chi connectivity index (χ4n) is 0.974. The fourth-order valence-corrected chi connectivity index (χ4v) is 1.65. The summed E-state index contributed by atoms with van der Waals surface area (Å²) in [7, 11) is 0.233. The Morgan fingerprint density at radius 1 is 1.25 bits per heavy atom. The number of rotatable bonds is 3. The van der Waals surface area contributed by atoms with Gasteiger partial charge in [0.2, 0.25) is 0 Å². The molecular weight excluding hydrogens is 244 g/mol. The predicted molar refractivity (Wildman–Crippen MR) is 64.4 cm³/mol. The van der Waals surface area contributed by atoms with Gasteiger partial charge in [-0.15, -0.1) is 0 Å². The molecular formula is C12H15ClO2S. The van der Waals surface area contributed by atoms with Gasteiger partial charge < -0.3 is 17.1 Å². The summed E-state index contributed by atoms with van der Waals surface area (Å²) in [5.41, 5.74) is 0.407. The number of carbonyl (C=O) groups excluding carboxylic acids is 1. The lowest BCUT2D eigenvalue weighted by Crippen LogP contribution is -3.00. The van der Waals surface area contributed by atoms with Gasteiger partial charge in [0, 0.05) is 16.5 Å². The molecule has 16 heavy (non-hydrogen) atoms. The van der Waals surface area contributed by atoms with E-state index in [1.807, 2.05) is 24.3 Å². The summed E-state index contributed by atoms with van der Waals surface area (Å²) in [4.78, 5) is 12.5. The van der Waals surface area contributed by atoms with Crippen LogP contribution in [0.1, 0.15) is 6.92 Å². The van der Waals surface area contributed by atoms with E-state index in [0.29, 0.717) is 11.3 Å². The number of carbonyl (C=O) groups is 1. The van der Waals surface area contributed by atoms with Crippen molar-refractivity contribution >= 4 is 16.9 Å². The second kappa shape index (κ2) is 6.61.